The molecule has 15 heavy (non-hydrogen) atoms. The van der Waals surface area contributed by atoms with Gasteiger partial charge in [-0.25, -0.2) is 0 Å². The lowest BCUT2D eigenvalue weighted by molar-refractivity contribution is -0.297. The standard InChI is InChI=1S/C10H10N2O3/c13-9(3-4-10(14)15)12-7-8-2-1-5-11-6-8/h1-6H,7H2,(H,12,13)(H,14,15)/p-1/b4-3-. The molecule has 0 fully saturated rings. The SMILES string of the molecule is O=C([O-])/C=C\C(=O)NCc1cccnc1. The monoisotopic (exact) mass is 205 g/mol. The second kappa shape index (κ2) is 5.54. The largest absolute Gasteiger partial charge is 0.545 e. The van der Waals surface area contributed by atoms with Crippen LogP contribution in [0.1, 0.15) is 5.56 Å². The first-order valence-corrected chi connectivity index (χ1v) is 4.24. The van der Waals surface area contributed by atoms with Crippen LogP contribution in [0.5, 0.6) is 0 Å². The quantitative estimate of drug-likeness (QED) is 0.639. The number of hydrogen-bond donors (Lipinski definition) is 1. The summed E-state index contributed by atoms with van der Waals surface area (Å²) in [6.45, 7) is 0.310. The number of pyridine rings is 1. The van der Waals surface area contributed by atoms with Gasteiger partial charge < -0.3 is 15.2 Å². The van der Waals surface area contributed by atoms with Crippen molar-refractivity contribution in [1.29, 1.82) is 0 Å². The summed E-state index contributed by atoms with van der Waals surface area (Å²) in [6, 6.07) is 3.55. The van der Waals surface area contributed by atoms with E-state index in [2.05, 4.69) is 10.3 Å². The molecule has 1 N–H and O–H groups in total. The molecule has 1 heterocycles. The molecule has 0 atom stereocenters. The smallest absolute Gasteiger partial charge is 0.244 e. The number of amides is 1. The number of carboxylic acid groups (broad SMARTS) is 1. The van der Waals surface area contributed by atoms with Crippen molar-refractivity contribution in [2.45, 2.75) is 6.54 Å². The minimum atomic E-state index is -1.40. The Morgan fingerprint density at radius 3 is 2.87 bits per heavy atom. The molecule has 78 valence electrons. The molecule has 5 nitrogen and oxygen atoms in total. The zero-order chi connectivity index (χ0) is 11.1. The predicted octanol–water partition coefficient (Wildman–Crippen LogP) is -0.996. The van der Waals surface area contributed by atoms with Crippen LogP contribution in [0.25, 0.3) is 0 Å². The molecule has 1 rings (SSSR count). The van der Waals surface area contributed by atoms with Crippen LogP contribution < -0.4 is 10.4 Å². The maximum Gasteiger partial charge on any atom is 0.244 e. The van der Waals surface area contributed by atoms with Crippen LogP contribution in [0.15, 0.2) is 36.7 Å². The number of aliphatic carboxylic acids is 1. The van der Waals surface area contributed by atoms with Gasteiger partial charge in [0.1, 0.15) is 0 Å². The average Bonchev–Trinajstić information content (AvgIpc) is 2.25. The molecule has 0 aliphatic heterocycles. The van der Waals surface area contributed by atoms with E-state index in [1.807, 2.05) is 0 Å². The van der Waals surface area contributed by atoms with E-state index in [1.54, 1.807) is 24.5 Å². The molecule has 0 saturated carbocycles. The van der Waals surface area contributed by atoms with Crippen molar-refractivity contribution in [3.63, 3.8) is 0 Å². The number of nitrogens with one attached hydrogen (secondary N) is 1. The predicted molar refractivity (Wildman–Crippen MR) is 50.2 cm³/mol. The normalized spacial score (nSPS) is 10.1. The zero-order valence-corrected chi connectivity index (χ0v) is 7.84. The van der Waals surface area contributed by atoms with Crippen molar-refractivity contribution in [3.05, 3.63) is 42.2 Å². The van der Waals surface area contributed by atoms with Gasteiger partial charge in [0.15, 0.2) is 0 Å². The second-order valence-electron chi connectivity index (χ2n) is 2.73. The van der Waals surface area contributed by atoms with E-state index in [-0.39, 0.29) is 0 Å². The molecule has 1 aromatic heterocycles. The summed E-state index contributed by atoms with van der Waals surface area (Å²) >= 11 is 0. The molecule has 1 amide bonds. The topological polar surface area (TPSA) is 82.1 Å². The lowest BCUT2D eigenvalue weighted by Gasteiger charge is -2.01. The van der Waals surface area contributed by atoms with Crippen LogP contribution in [0.2, 0.25) is 0 Å². The minimum Gasteiger partial charge on any atom is -0.545 e. The van der Waals surface area contributed by atoms with Crippen molar-refractivity contribution >= 4 is 11.9 Å². The maximum absolute atomic E-state index is 11.0. The Labute approximate surface area is 86.5 Å². The lowest BCUT2D eigenvalue weighted by Crippen LogP contribution is -2.23. The Kier molecular flexibility index (Phi) is 4.03. The van der Waals surface area contributed by atoms with E-state index in [0.29, 0.717) is 12.6 Å². The first-order chi connectivity index (χ1) is 7.18. The number of rotatable bonds is 4. The average molecular weight is 205 g/mol. The fourth-order valence-corrected chi connectivity index (χ4v) is 0.895. The van der Waals surface area contributed by atoms with E-state index in [1.165, 1.54) is 0 Å². The highest BCUT2D eigenvalue weighted by molar-refractivity contribution is 5.93. The van der Waals surface area contributed by atoms with E-state index in [9.17, 15) is 14.7 Å². The van der Waals surface area contributed by atoms with Crippen molar-refractivity contribution < 1.29 is 14.7 Å². The van der Waals surface area contributed by atoms with Gasteiger partial charge in [-0.3, -0.25) is 9.78 Å². The summed E-state index contributed by atoms with van der Waals surface area (Å²) in [5.41, 5.74) is 0.840. The van der Waals surface area contributed by atoms with Gasteiger partial charge in [-0.15, -0.1) is 0 Å². The molecule has 0 radical (unpaired) electrons. The lowest BCUT2D eigenvalue weighted by atomic mass is 10.3. The first-order valence-electron chi connectivity index (χ1n) is 4.24. The summed E-state index contributed by atoms with van der Waals surface area (Å²) < 4.78 is 0. The summed E-state index contributed by atoms with van der Waals surface area (Å²) in [7, 11) is 0. The third-order valence-corrected chi connectivity index (χ3v) is 1.56. The summed E-state index contributed by atoms with van der Waals surface area (Å²) in [4.78, 5) is 24.9. The number of carboxylic acids is 1. The van der Waals surface area contributed by atoms with Crippen LogP contribution in [0, 0.1) is 0 Å². The number of nitrogens with zero attached hydrogens (tertiary/aromatic N) is 1. The van der Waals surface area contributed by atoms with Gasteiger partial charge in [0.2, 0.25) is 5.91 Å². The van der Waals surface area contributed by atoms with Gasteiger partial charge in [0.25, 0.3) is 0 Å². The van der Waals surface area contributed by atoms with Crippen molar-refractivity contribution in [2.24, 2.45) is 0 Å². The minimum absolute atomic E-state index is 0.310. The molecule has 1 aromatic rings. The number of carbonyl (C=O) groups excluding carboxylic acids is 2. The summed E-state index contributed by atoms with van der Waals surface area (Å²) in [5, 5.41) is 12.5. The molecule has 0 aliphatic carbocycles. The van der Waals surface area contributed by atoms with E-state index < -0.39 is 11.9 Å². The fraction of sp³-hybridized carbons (Fsp3) is 0.100. The third-order valence-electron chi connectivity index (χ3n) is 1.56. The second-order valence-corrected chi connectivity index (χ2v) is 2.73. The molecular weight excluding hydrogens is 196 g/mol. The number of carbonyl (C=O) groups is 2. The molecule has 0 aliphatic rings. The van der Waals surface area contributed by atoms with Gasteiger partial charge in [-0.1, -0.05) is 6.07 Å². The molecule has 0 bridgehead atoms. The van der Waals surface area contributed by atoms with Crippen LogP contribution >= 0.6 is 0 Å². The molecule has 0 saturated heterocycles. The third kappa shape index (κ3) is 4.56. The Hall–Kier alpha value is -2.17. The Morgan fingerprint density at radius 1 is 1.47 bits per heavy atom. The van der Waals surface area contributed by atoms with Crippen LogP contribution in [0.3, 0.4) is 0 Å². The summed E-state index contributed by atoms with van der Waals surface area (Å²) in [5.74, 6) is -1.88. The molecule has 0 aromatic carbocycles. The molecular formula is C10H9N2O3-. The number of aromatic nitrogens is 1. The summed E-state index contributed by atoms with van der Waals surface area (Å²) in [6.07, 6.45) is 4.83. The maximum atomic E-state index is 11.0. The van der Waals surface area contributed by atoms with Crippen LogP contribution in [-0.4, -0.2) is 16.9 Å². The number of hydrogen-bond acceptors (Lipinski definition) is 4. The Morgan fingerprint density at radius 2 is 2.27 bits per heavy atom. The van der Waals surface area contributed by atoms with E-state index in [4.69, 9.17) is 0 Å². The Bertz CT molecular complexity index is 374. The highest BCUT2D eigenvalue weighted by atomic mass is 16.4. The van der Waals surface area contributed by atoms with E-state index >= 15 is 0 Å². The van der Waals surface area contributed by atoms with Crippen LogP contribution in [0.4, 0.5) is 0 Å². The fourth-order valence-electron chi connectivity index (χ4n) is 0.895. The van der Waals surface area contributed by atoms with Gasteiger partial charge in [0, 0.05) is 25.0 Å². The highest BCUT2D eigenvalue weighted by Gasteiger charge is 1.95. The van der Waals surface area contributed by atoms with Crippen molar-refractivity contribution in [3.8, 4) is 0 Å². The highest BCUT2D eigenvalue weighted by Crippen LogP contribution is 1.93. The van der Waals surface area contributed by atoms with Gasteiger partial charge in [0.05, 0.1) is 5.97 Å². The molecule has 5 heteroatoms. The van der Waals surface area contributed by atoms with Crippen molar-refractivity contribution in [2.75, 3.05) is 0 Å². The molecule has 0 unspecified atom stereocenters. The van der Waals surface area contributed by atoms with Gasteiger partial charge in [-0.2, -0.15) is 0 Å². The Balaban J connectivity index is 2.38. The van der Waals surface area contributed by atoms with E-state index in [0.717, 1.165) is 11.6 Å². The molecule has 0 spiro atoms. The first kappa shape index (κ1) is 10.9. The van der Waals surface area contributed by atoms with Crippen molar-refractivity contribution in [1.82, 2.24) is 10.3 Å². The van der Waals surface area contributed by atoms with Gasteiger partial charge >= 0.3 is 0 Å². The van der Waals surface area contributed by atoms with Crippen LogP contribution in [-0.2, 0) is 16.1 Å². The van der Waals surface area contributed by atoms with Gasteiger partial charge in [-0.05, 0) is 17.7 Å². The zero-order valence-electron chi connectivity index (χ0n) is 7.84.